The van der Waals surface area contributed by atoms with E-state index < -0.39 is 71.1 Å². The van der Waals surface area contributed by atoms with Gasteiger partial charge >= 0.3 is 53.8 Å². The number of amides is 1. The topological polar surface area (TPSA) is 47.6 Å². The summed E-state index contributed by atoms with van der Waals surface area (Å²) in [5, 5.41) is 1.94. The fraction of sp³-hybridized carbons (Fsp3) is 0.550. The summed E-state index contributed by atoms with van der Waals surface area (Å²) in [5.74, 6) is -55.7. The van der Waals surface area contributed by atoms with E-state index in [2.05, 4.69) is 9.47 Å². The number of nitrogens with one attached hydrogen (secondary N) is 1. The maximum absolute atomic E-state index is 13.9. The Hall–Kier alpha value is -3.16. The van der Waals surface area contributed by atoms with Gasteiger partial charge in [-0.05, 0) is 18.6 Å². The first kappa shape index (κ1) is 35.9. The fourth-order valence-corrected chi connectivity index (χ4v) is 2.48. The van der Waals surface area contributed by atoms with Crippen LogP contribution in [-0.2, 0) is 4.74 Å². The van der Waals surface area contributed by atoms with Crippen LogP contribution in [0.15, 0.2) is 36.1 Å². The molecule has 0 radical (unpaired) electrons. The second-order valence-electron chi connectivity index (χ2n) is 7.78. The maximum atomic E-state index is 13.9. The number of rotatable bonds is 12. The van der Waals surface area contributed by atoms with Gasteiger partial charge in [0.15, 0.2) is 0 Å². The zero-order valence-corrected chi connectivity index (χ0v) is 19.6. The number of unbranched alkanes of at least 4 members (excludes halogenated alkanes) is 1. The minimum absolute atomic E-state index is 0.103. The highest BCUT2D eigenvalue weighted by molar-refractivity contribution is 5.84. The van der Waals surface area contributed by atoms with Gasteiger partial charge in [-0.3, -0.25) is 5.32 Å². The van der Waals surface area contributed by atoms with Gasteiger partial charge in [0.25, 0.3) is 0 Å². The molecule has 1 rings (SSSR count). The van der Waals surface area contributed by atoms with Crippen molar-refractivity contribution in [2.75, 3.05) is 11.9 Å². The molecule has 0 unspecified atom stereocenters. The van der Waals surface area contributed by atoms with E-state index in [0.29, 0.717) is 25.0 Å². The maximum Gasteiger partial charge on any atom is 0.460 e. The van der Waals surface area contributed by atoms with Crippen LogP contribution >= 0.6 is 0 Å². The number of benzene rings is 1. The molecule has 1 amide bonds. The third-order valence-electron chi connectivity index (χ3n) is 4.79. The van der Waals surface area contributed by atoms with Crippen molar-refractivity contribution in [3.05, 3.63) is 36.1 Å². The summed E-state index contributed by atoms with van der Waals surface area (Å²) >= 11 is 0. The highest BCUT2D eigenvalue weighted by Crippen LogP contribution is 2.63. The van der Waals surface area contributed by atoms with Gasteiger partial charge in [-0.25, -0.2) is 4.79 Å². The van der Waals surface area contributed by atoms with E-state index in [1.165, 1.54) is 0 Å². The molecule has 236 valence electrons. The molecule has 0 aliphatic heterocycles. The molecule has 0 heterocycles. The molecule has 0 aromatic heterocycles. The van der Waals surface area contributed by atoms with Crippen molar-refractivity contribution in [1.29, 1.82) is 0 Å². The largest absolute Gasteiger partial charge is 0.460 e. The molecule has 1 aromatic carbocycles. The normalized spacial score (nSPS) is 14.9. The summed E-state index contributed by atoms with van der Waals surface area (Å²) in [5.41, 5.74) is -0.437. The highest BCUT2D eigenvalue weighted by Gasteiger charge is 2.93. The van der Waals surface area contributed by atoms with Crippen molar-refractivity contribution in [3.8, 4) is 5.75 Å². The van der Waals surface area contributed by atoms with Gasteiger partial charge in [-0.1, -0.05) is 19.4 Å². The number of allylic oxidation sites excluding steroid dienone is 1. The standard InChI is InChI=1S/C20H14F17NO3/c1-2-3-7-40-13(39)38-9-5-4-6-10(8-9)41-12(22)11(21)14(23,24)15(25,26)16(27,28)17(29,30)18(31,32)19(33,34)20(35,36)37/h4-6,8H,2-3,7H2,1H3,(H,38,39). The molecule has 0 fully saturated rings. The molecule has 0 aliphatic carbocycles. The summed E-state index contributed by atoms with van der Waals surface area (Å²) in [6.07, 6.45) is -7.99. The van der Waals surface area contributed by atoms with Gasteiger partial charge in [0.05, 0.1) is 6.61 Å². The zero-order valence-electron chi connectivity index (χ0n) is 19.6. The first-order valence-electron chi connectivity index (χ1n) is 10.3. The van der Waals surface area contributed by atoms with Crippen molar-refractivity contribution in [1.82, 2.24) is 0 Å². The van der Waals surface area contributed by atoms with Gasteiger partial charge in [-0.15, -0.1) is 0 Å². The van der Waals surface area contributed by atoms with E-state index >= 15 is 0 Å². The average Bonchev–Trinajstić information content (AvgIpc) is 2.82. The second-order valence-corrected chi connectivity index (χ2v) is 7.78. The van der Waals surface area contributed by atoms with E-state index in [1.807, 2.05) is 5.32 Å². The van der Waals surface area contributed by atoms with Crippen molar-refractivity contribution in [2.45, 2.75) is 61.5 Å². The summed E-state index contributed by atoms with van der Waals surface area (Å²) in [6.45, 7) is 1.62. The number of carbonyl (C=O) groups excluding carboxylic acids is 1. The summed E-state index contributed by atoms with van der Waals surface area (Å²) in [4.78, 5) is 11.5. The van der Waals surface area contributed by atoms with Crippen molar-refractivity contribution in [3.63, 3.8) is 0 Å². The third kappa shape index (κ3) is 6.36. The summed E-state index contributed by atoms with van der Waals surface area (Å²) in [7, 11) is 0. The van der Waals surface area contributed by atoms with E-state index in [1.54, 1.807) is 6.92 Å². The summed E-state index contributed by atoms with van der Waals surface area (Å²) < 4.78 is 234. The molecular formula is C20H14F17NO3. The van der Waals surface area contributed by atoms with Crippen LogP contribution in [-0.4, -0.2) is 54.4 Å². The molecule has 0 spiro atoms. The molecular weight excluding hydrogens is 625 g/mol. The number of hydrogen-bond donors (Lipinski definition) is 1. The van der Waals surface area contributed by atoms with Crippen LogP contribution in [0.4, 0.5) is 85.1 Å². The van der Waals surface area contributed by atoms with Crippen molar-refractivity contribution in [2.24, 2.45) is 0 Å². The number of halogens is 17. The van der Waals surface area contributed by atoms with Crippen LogP contribution in [0.25, 0.3) is 0 Å². The summed E-state index contributed by atoms with van der Waals surface area (Å²) in [6, 6.07) is -0.865. The quantitative estimate of drug-likeness (QED) is 0.141. The Morgan fingerprint density at radius 3 is 1.73 bits per heavy atom. The monoisotopic (exact) mass is 639 g/mol. The predicted molar refractivity (Wildman–Crippen MR) is 102 cm³/mol. The number of anilines is 1. The Balaban J connectivity index is 3.40. The molecule has 0 aliphatic rings. The number of hydrogen-bond acceptors (Lipinski definition) is 3. The molecule has 41 heavy (non-hydrogen) atoms. The number of carbonyl (C=O) groups is 1. The predicted octanol–water partition coefficient (Wildman–Crippen LogP) is 8.90. The van der Waals surface area contributed by atoms with Gasteiger partial charge in [0.2, 0.25) is 5.83 Å². The molecule has 1 N–H and O–H groups in total. The number of alkyl halides is 15. The lowest BCUT2D eigenvalue weighted by Gasteiger charge is -2.41. The zero-order chi connectivity index (χ0) is 32.5. The van der Waals surface area contributed by atoms with Crippen LogP contribution in [0, 0.1) is 0 Å². The van der Waals surface area contributed by atoms with Crippen LogP contribution in [0.5, 0.6) is 5.75 Å². The van der Waals surface area contributed by atoms with E-state index in [9.17, 15) is 79.4 Å². The molecule has 21 heteroatoms. The Labute approximate surface area is 217 Å². The fourth-order valence-electron chi connectivity index (χ4n) is 2.48. The smallest absolute Gasteiger partial charge is 0.449 e. The Morgan fingerprint density at radius 1 is 0.756 bits per heavy atom. The first-order chi connectivity index (χ1) is 18.2. The Bertz CT molecular complexity index is 1110. The van der Waals surface area contributed by atoms with E-state index in [-0.39, 0.29) is 6.61 Å². The van der Waals surface area contributed by atoms with Crippen LogP contribution < -0.4 is 10.1 Å². The Morgan fingerprint density at radius 2 is 1.24 bits per heavy atom. The van der Waals surface area contributed by atoms with Gasteiger partial charge in [-0.2, -0.15) is 74.6 Å². The lowest BCUT2D eigenvalue weighted by molar-refractivity contribution is -0.451. The van der Waals surface area contributed by atoms with Gasteiger partial charge in [0.1, 0.15) is 5.75 Å². The lowest BCUT2D eigenvalue weighted by Crippen LogP contribution is -2.72. The molecule has 0 atom stereocenters. The van der Waals surface area contributed by atoms with Crippen molar-refractivity contribution < 1.29 is 88.9 Å². The van der Waals surface area contributed by atoms with Crippen LogP contribution in [0.3, 0.4) is 0 Å². The van der Waals surface area contributed by atoms with Crippen LogP contribution in [0.1, 0.15) is 19.8 Å². The lowest BCUT2D eigenvalue weighted by atomic mass is 9.91. The third-order valence-corrected chi connectivity index (χ3v) is 4.79. The Kier molecular flexibility index (Phi) is 10.2. The SMILES string of the molecule is CCCCOC(=O)Nc1cccc(OC(F)=C(F)C(F)(F)C(F)(F)C(F)(F)C(F)(F)C(F)(F)C(F)(F)C(F)(F)F)c1. The molecule has 0 saturated heterocycles. The minimum atomic E-state index is -8.67. The molecule has 0 saturated carbocycles. The first-order valence-corrected chi connectivity index (χ1v) is 10.3. The van der Waals surface area contributed by atoms with Gasteiger partial charge in [0, 0.05) is 11.8 Å². The molecule has 1 aromatic rings. The highest BCUT2D eigenvalue weighted by atomic mass is 19.4. The number of ether oxygens (including phenoxy) is 2. The van der Waals surface area contributed by atoms with Crippen molar-refractivity contribution >= 4 is 11.8 Å². The minimum Gasteiger partial charge on any atom is -0.449 e. The van der Waals surface area contributed by atoms with E-state index in [0.717, 1.165) is 12.1 Å². The van der Waals surface area contributed by atoms with E-state index in [4.69, 9.17) is 0 Å². The van der Waals surface area contributed by atoms with Crippen LogP contribution in [0.2, 0.25) is 0 Å². The second kappa shape index (κ2) is 11.6. The average molecular weight is 639 g/mol. The van der Waals surface area contributed by atoms with Gasteiger partial charge < -0.3 is 9.47 Å². The molecule has 4 nitrogen and oxygen atoms in total. The molecule has 0 bridgehead atoms.